The predicted molar refractivity (Wildman–Crippen MR) is 77.0 cm³/mol. The number of nitrogens with zero attached hydrogens (tertiary/aromatic N) is 2. The van der Waals surface area contributed by atoms with Gasteiger partial charge < -0.3 is 5.73 Å². The summed E-state index contributed by atoms with van der Waals surface area (Å²) in [5, 5.41) is 7.77. The van der Waals surface area contributed by atoms with Crippen molar-refractivity contribution in [2.45, 2.75) is 66.1 Å². The first-order valence-corrected chi connectivity index (χ1v) is 6.81. The van der Waals surface area contributed by atoms with Crippen molar-refractivity contribution in [3.05, 3.63) is 17.0 Å². The highest BCUT2D eigenvalue weighted by molar-refractivity contribution is 5.84. The van der Waals surface area contributed by atoms with Gasteiger partial charge in [0.1, 0.15) is 5.54 Å². The Morgan fingerprint density at radius 2 is 2.05 bits per heavy atom. The number of rotatable bonds is 6. The normalized spacial score (nSPS) is 14.7. The minimum absolute atomic E-state index is 0.181. The van der Waals surface area contributed by atoms with Crippen molar-refractivity contribution in [1.82, 2.24) is 15.1 Å². The molecular weight excluding hydrogens is 240 g/mol. The first-order valence-electron chi connectivity index (χ1n) is 6.81. The topological polar surface area (TPSA) is 72.9 Å². The van der Waals surface area contributed by atoms with Crippen LogP contribution in [0.3, 0.4) is 0 Å². The van der Waals surface area contributed by atoms with E-state index in [1.165, 1.54) is 5.56 Å². The van der Waals surface area contributed by atoms with Crippen molar-refractivity contribution >= 4 is 5.91 Å². The zero-order valence-electron chi connectivity index (χ0n) is 12.9. The minimum Gasteiger partial charge on any atom is -0.368 e. The number of carbonyl (C=O) groups is 1. The predicted octanol–water partition coefficient (Wildman–Crippen LogP) is 1.30. The molecule has 0 bridgehead atoms. The molecule has 1 aromatic rings. The van der Waals surface area contributed by atoms with Crippen LogP contribution >= 0.6 is 0 Å². The Morgan fingerprint density at radius 3 is 2.42 bits per heavy atom. The van der Waals surface area contributed by atoms with E-state index in [1.54, 1.807) is 0 Å². The molecule has 0 saturated heterocycles. The Bertz CT molecular complexity index is 464. The molecule has 1 amide bonds. The maximum atomic E-state index is 11.8. The average Bonchev–Trinajstić information content (AvgIpc) is 2.52. The van der Waals surface area contributed by atoms with Gasteiger partial charge in [-0.2, -0.15) is 5.10 Å². The summed E-state index contributed by atoms with van der Waals surface area (Å²) < 4.78 is 1.88. The van der Waals surface area contributed by atoms with Crippen LogP contribution in [-0.2, 0) is 17.8 Å². The number of aromatic nitrogens is 2. The number of aryl methyl sites for hydroxylation is 1. The molecule has 0 aliphatic heterocycles. The highest BCUT2D eigenvalue weighted by atomic mass is 16.1. The Hall–Kier alpha value is -1.36. The van der Waals surface area contributed by atoms with E-state index in [2.05, 4.69) is 17.3 Å². The summed E-state index contributed by atoms with van der Waals surface area (Å²) in [4.78, 5) is 11.8. The second kappa shape index (κ2) is 5.74. The van der Waals surface area contributed by atoms with Gasteiger partial charge in [0, 0.05) is 11.7 Å². The standard InChI is InChI=1S/C14H26N4O/c1-7-12-10(4)17-18(11(12)5)8-14(6,13(15)19)16-9(2)3/h9,16H,7-8H2,1-6H3,(H2,15,19). The Labute approximate surface area is 115 Å². The van der Waals surface area contributed by atoms with Crippen molar-refractivity contribution < 1.29 is 4.79 Å². The van der Waals surface area contributed by atoms with E-state index in [-0.39, 0.29) is 11.9 Å². The molecule has 0 saturated carbocycles. The monoisotopic (exact) mass is 266 g/mol. The van der Waals surface area contributed by atoms with Gasteiger partial charge in [0.15, 0.2) is 0 Å². The molecule has 3 N–H and O–H groups in total. The maximum absolute atomic E-state index is 11.8. The quantitative estimate of drug-likeness (QED) is 0.815. The third-order valence-electron chi connectivity index (χ3n) is 3.50. The molecule has 0 radical (unpaired) electrons. The van der Waals surface area contributed by atoms with Crippen LogP contribution in [-0.4, -0.2) is 27.3 Å². The van der Waals surface area contributed by atoms with Crippen LogP contribution < -0.4 is 11.1 Å². The Kier molecular flexibility index (Phi) is 4.74. The smallest absolute Gasteiger partial charge is 0.239 e. The SMILES string of the molecule is CCc1c(C)nn(CC(C)(NC(C)C)C(N)=O)c1C. The van der Waals surface area contributed by atoms with Crippen LogP contribution in [0.5, 0.6) is 0 Å². The zero-order chi connectivity index (χ0) is 14.8. The third kappa shape index (κ3) is 3.35. The van der Waals surface area contributed by atoms with Gasteiger partial charge in [-0.25, -0.2) is 0 Å². The number of nitrogens with one attached hydrogen (secondary N) is 1. The van der Waals surface area contributed by atoms with Gasteiger partial charge in [0.2, 0.25) is 5.91 Å². The lowest BCUT2D eigenvalue weighted by molar-refractivity contribution is -0.124. The second-order valence-corrected chi connectivity index (χ2v) is 5.66. The fourth-order valence-electron chi connectivity index (χ4n) is 2.53. The lowest BCUT2D eigenvalue weighted by Gasteiger charge is -2.30. The van der Waals surface area contributed by atoms with Gasteiger partial charge in [-0.3, -0.25) is 14.8 Å². The van der Waals surface area contributed by atoms with Crippen molar-refractivity contribution in [2.75, 3.05) is 0 Å². The Balaban J connectivity index is 3.07. The molecular formula is C14H26N4O. The number of carbonyl (C=O) groups excluding carboxylic acids is 1. The summed E-state index contributed by atoms with van der Waals surface area (Å²) in [6.45, 7) is 12.4. The van der Waals surface area contributed by atoms with Crippen LogP contribution in [0.1, 0.15) is 44.6 Å². The molecule has 1 aromatic heterocycles. The van der Waals surface area contributed by atoms with E-state index in [1.807, 2.05) is 39.3 Å². The molecule has 19 heavy (non-hydrogen) atoms. The maximum Gasteiger partial charge on any atom is 0.239 e. The van der Waals surface area contributed by atoms with Crippen LogP contribution in [0.15, 0.2) is 0 Å². The van der Waals surface area contributed by atoms with Gasteiger partial charge in [-0.05, 0) is 46.6 Å². The Morgan fingerprint density at radius 1 is 1.47 bits per heavy atom. The molecule has 108 valence electrons. The average molecular weight is 266 g/mol. The van der Waals surface area contributed by atoms with Gasteiger partial charge in [0.25, 0.3) is 0 Å². The summed E-state index contributed by atoms with van der Waals surface area (Å²) in [6, 6.07) is 0.181. The van der Waals surface area contributed by atoms with E-state index in [0.717, 1.165) is 17.8 Å². The van der Waals surface area contributed by atoms with Gasteiger partial charge in [-0.15, -0.1) is 0 Å². The number of hydrogen-bond donors (Lipinski definition) is 2. The van der Waals surface area contributed by atoms with Crippen LogP contribution in [0.4, 0.5) is 0 Å². The largest absolute Gasteiger partial charge is 0.368 e. The number of primary amides is 1. The van der Waals surface area contributed by atoms with Crippen molar-refractivity contribution in [3.8, 4) is 0 Å². The minimum atomic E-state index is -0.789. The molecule has 0 spiro atoms. The molecule has 0 aliphatic rings. The first-order chi connectivity index (χ1) is 8.71. The molecule has 1 atom stereocenters. The number of hydrogen-bond acceptors (Lipinski definition) is 3. The fourth-order valence-corrected chi connectivity index (χ4v) is 2.53. The van der Waals surface area contributed by atoms with Gasteiger partial charge in [-0.1, -0.05) is 6.92 Å². The summed E-state index contributed by atoms with van der Waals surface area (Å²) in [6.07, 6.45) is 0.947. The van der Waals surface area contributed by atoms with Gasteiger partial charge >= 0.3 is 0 Å². The fraction of sp³-hybridized carbons (Fsp3) is 0.714. The molecule has 1 rings (SSSR count). The highest BCUT2D eigenvalue weighted by Gasteiger charge is 2.33. The second-order valence-electron chi connectivity index (χ2n) is 5.66. The first kappa shape index (κ1) is 15.7. The summed E-state index contributed by atoms with van der Waals surface area (Å²) in [5.74, 6) is -0.355. The number of amides is 1. The van der Waals surface area contributed by atoms with E-state index < -0.39 is 5.54 Å². The van der Waals surface area contributed by atoms with Crippen molar-refractivity contribution in [1.29, 1.82) is 0 Å². The van der Waals surface area contributed by atoms with Gasteiger partial charge in [0.05, 0.1) is 12.2 Å². The number of nitrogens with two attached hydrogens (primary N) is 1. The summed E-state index contributed by atoms with van der Waals surface area (Å²) >= 11 is 0. The van der Waals surface area contributed by atoms with Crippen molar-refractivity contribution in [2.24, 2.45) is 5.73 Å². The summed E-state index contributed by atoms with van der Waals surface area (Å²) in [7, 11) is 0. The highest BCUT2D eigenvalue weighted by Crippen LogP contribution is 2.17. The molecule has 5 nitrogen and oxygen atoms in total. The van der Waals surface area contributed by atoms with E-state index in [4.69, 9.17) is 5.73 Å². The van der Waals surface area contributed by atoms with Crippen LogP contribution in [0, 0.1) is 13.8 Å². The van der Waals surface area contributed by atoms with Crippen LogP contribution in [0.2, 0.25) is 0 Å². The molecule has 0 fully saturated rings. The lowest BCUT2D eigenvalue weighted by Crippen LogP contribution is -2.58. The third-order valence-corrected chi connectivity index (χ3v) is 3.50. The van der Waals surface area contributed by atoms with E-state index in [0.29, 0.717) is 6.54 Å². The molecule has 0 aromatic carbocycles. The van der Waals surface area contributed by atoms with Crippen LogP contribution in [0.25, 0.3) is 0 Å². The van der Waals surface area contributed by atoms with E-state index in [9.17, 15) is 4.79 Å². The molecule has 1 heterocycles. The van der Waals surface area contributed by atoms with E-state index >= 15 is 0 Å². The van der Waals surface area contributed by atoms with Crippen molar-refractivity contribution in [3.63, 3.8) is 0 Å². The summed E-state index contributed by atoms with van der Waals surface area (Å²) in [5.41, 5.74) is 8.14. The molecule has 0 aliphatic carbocycles. The lowest BCUT2D eigenvalue weighted by atomic mass is 10.00. The molecule has 1 unspecified atom stereocenters. The molecule has 5 heteroatoms. The zero-order valence-corrected chi connectivity index (χ0v) is 12.9.